The van der Waals surface area contributed by atoms with Crippen LogP contribution in [0.25, 0.3) is 10.9 Å². The van der Waals surface area contributed by atoms with Crippen LogP contribution >= 0.6 is 0 Å². The van der Waals surface area contributed by atoms with Gasteiger partial charge in [0.2, 0.25) is 0 Å². The minimum absolute atomic E-state index is 0.134. The molecule has 0 spiro atoms. The van der Waals surface area contributed by atoms with Crippen molar-refractivity contribution in [2.24, 2.45) is 0 Å². The Morgan fingerprint density at radius 3 is 2.21 bits per heavy atom. The molecule has 0 fully saturated rings. The number of nitrogens with one attached hydrogen (secondary N) is 1. The number of nitrogens with zero attached hydrogens (tertiary/aromatic N) is 2. The number of carboxylic acid groups (broad SMARTS) is 1. The second kappa shape index (κ2) is 8.10. The molecule has 1 aromatic carbocycles. The third kappa shape index (κ3) is 6.20. The minimum Gasteiger partial charge on any atom is -0.480 e. The van der Waals surface area contributed by atoms with E-state index in [1.54, 1.807) is 65.8 Å². The molecule has 0 unspecified atom stereocenters. The van der Waals surface area contributed by atoms with Gasteiger partial charge in [0.1, 0.15) is 17.2 Å². The van der Waals surface area contributed by atoms with Gasteiger partial charge in [0.05, 0.1) is 11.2 Å². The number of carbonyl (C=O) groups is 3. The van der Waals surface area contributed by atoms with Crippen LogP contribution in [0.2, 0.25) is 0 Å². The predicted molar refractivity (Wildman–Crippen MR) is 106 cm³/mol. The molecule has 9 heteroatoms. The predicted octanol–water partition coefficient (Wildman–Crippen LogP) is 3.34. The number of benzene rings is 1. The van der Waals surface area contributed by atoms with Gasteiger partial charge >= 0.3 is 18.2 Å². The van der Waals surface area contributed by atoms with Crippen molar-refractivity contribution in [2.45, 2.75) is 65.2 Å². The Hall–Kier alpha value is -3.10. The normalized spacial score (nSPS) is 13.0. The summed E-state index contributed by atoms with van der Waals surface area (Å²) in [5, 5.41) is 16.7. The largest absolute Gasteiger partial charge is 0.480 e. The van der Waals surface area contributed by atoms with Crippen LogP contribution in [-0.4, -0.2) is 50.3 Å². The molecule has 2 N–H and O–H groups in total. The highest BCUT2D eigenvalue weighted by atomic mass is 16.6. The van der Waals surface area contributed by atoms with Crippen molar-refractivity contribution in [1.82, 2.24) is 15.1 Å². The third-order valence-electron chi connectivity index (χ3n) is 3.62. The Labute approximate surface area is 169 Å². The number of rotatable bonds is 4. The molecule has 2 aromatic rings. The van der Waals surface area contributed by atoms with Crippen molar-refractivity contribution >= 4 is 29.1 Å². The van der Waals surface area contributed by atoms with E-state index >= 15 is 0 Å². The Balaban J connectivity index is 2.33. The Bertz CT molecular complexity index is 920. The monoisotopic (exact) mass is 405 g/mol. The van der Waals surface area contributed by atoms with Crippen LogP contribution in [0, 0.1) is 0 Å². The molecule has 158 valence electrons. The number of fused-ring (bicyclic) bond motifs is 1. The summed E-state index contributed by atoms with van der Waals surface area (Å²) in [4.78, 5) is 36.2. The summed E-state index contributed by atoms with van der Waals surface area (Å²) < 4.78 is 11.6. The summed E-state index contributed by atoms with van der Waals surface area (Å²) >= 11 is 0. The number of hydrogen-bond acceptors (Lipinski definition) is 6. The fourth-order valence-corrected chi connectivity index (χ4v) is 2.57. The summed E-state index contributed by atoms with van der Waals surface area (Å²) in [6, 6.07) is 5.62. The van der Waals surface area contributed by atoms with Gasteiger partial charge in [-0.05, 0) is 47.6 Å². The van der Waals surface area contributed by atoms with Crippen LogP contribution in [0.5, 0.6) is 0 Å². The van der Waals surface area contributed by atoms with Gasteiger partial charge in [-0.2, -0.15) is 9.78 Å². The molecule has 29 heavy (non-hydrogen) atoms. The first-order chi connectivity index (χ1) is 13.3. The molecule has 1 amide bonds. The zero-order valence-corrected chi connectivity index (χ0v) is 17.5. The number of amides is 1. The summed E-state index contributed by atoms with van der Waals surface area (Å²) in [6.45, 7) is 10.3. The lowest BCUT2D eigenvalue weighted by molar-refractivity contribution is -0.139. The number of alkyl carbamates (subject to hydrolysis) is 1. The molecule has 1 aromatic heterocycles. The average molecular weight is 405 g/mol. The fourth-order valence-electron chi connectivity index (χ4n) is 2.57. The van der Waals surface area contributed by atoms with Crippen molar-refractivity contribution in [3.05, 3.63) is 30.0 Å². The zero-order chi connectivity index (χ0) is 22.0. The van der Waals surface area contributed by atoms with Crippen LogP contribution in [0.3, 0.4) is 0 Å². The number of hydrogen-bond donors (Lipinski definition) is 2. The van der Waals surface area contributed by atoms with Gasteiger partial charge in [-0.25, -0.2) is 14.4 Å². The topological polar surface area (TPSA) is 120 Å². The SMILES string of the molecule is CC(C)(C)OC(=O)N[C@H](Cc1nn(C(=O)OC(C)(C)C)c2ccccc12)C(=O)O. The Kier molecular flexibility index (Phi) is 6.20. The van der Waals surface area contributed by atoms with Crippen molar-refractivity contribution in [2.75, 3.05) is 0 Å². The first-order valence-electron chi connectivity index (χ1n) is 9.19. The summed E-state index contributed by atoms with van der Waals surface area (Å²) in [6.07, 6.45) is -1.65. The van der Waals surface area contributed by atoms with Crippen LogP contribution in [0.1, 0.15) is 47.2 Å². The van der Waals surface area contributed by atoms with E-state index in [0.29, 0.717) is 16.6 Å². The fraction of sp³-hybridized carbons (Fsp3) is 0.500. The molecule has 0 aliphatic carbocycles. The van der Waals surface area contributed by atoms with Crippen molar-refractivity contribution in [3.8, 4) is 0 Å². The number of para-hydroxylation sites is 1. The summed E-state index contributed by atoms with van der Waals surface area (Å²) in [5.74, 6) is -1.24. The van der Waals surface area contributed by atoms with Gasteiger partial charge in [0, 0.05) is 11.8 Å². The highest BCUT2D eigenvalue weighted by Crippen LogP contribution is 2.21. The lowest BCUT2D eigenvalue weighted by Gasteiger charge is -2.21. The van der Waals surface area contributed by atoms with E-state index in [1.165, 1.54) is 0 Å². The molecular formula is C20H27N3O6. The molecule has 1 heterocycles. The zero-order valence-electron chi connectivity index (χ0n) is 17.5. The van der Waals surface area contributed by atoms with E-state index in [4.69, 9.17) is 9.47 Å². The minimum atomic E-state index is -1.28. The molecule has 0 bridgehead atoms. The molecule has 0 aliphatic heterocycles. The molecule has 0 aliphatic rings. The molecule has 0 saturated carbocycles. The van der Waals surface area contributed by atoms with Crippen molar-refractivity contribution in [3.63, 3.8) is 0 Å². The number of aromatic nitrogens is 2. The molecule has 9 nitrogen and oxygen atoms in total. The van der Waals surface area contributed by atoms with Crippen LogP contribution in [0.4, 0.5) is 9.59 Å². The Morgan fingerprint density at radius 2 is 1.66 bits per heavy atom. The van der Waals surface area contributed by atoms with Gasteiger partial charge in [-0.15, -0.1) is 0 Å². The lowest BCUT2D eigenvalue weighted by Crippen LogP contribution is -2.44. The van der Waals surface area contributed by atoms with E-state index in [-0.39, 0.29) is 6.42 Å². The van der Waals surface area contributed by atoms with E-state index in [0.717, 1.165) is 4.68 Å². The molecule has 0 radical (unpaired) electrons. The van der Waals surface area contributed by atoms with Gasteiger partial charge in [0.25, 0.3) is 0 Å². The van der Waals surface area contributed by atoms with E-state index in [1.807, 2.05) is 0 Å². The summed E-state index contributed by atoms with van der Waals surface area (Å²) in [5.41, 5.74) is -0.655. The maximum absolute atomic E-state index is 12.5. The van der Waals surface area contributed by atoms with E-state index < -0.39 is 35.4 Å². The van der Waals surface area contributed by atoms with Crippen LogP contribution in [0.15, 0.2) is 24.3 Å². The lowest BCUT2D eigenvalue weighted by atomic mass is 10.1. The number of carbonyl (C=O) groups excluding carboxylic acids is 2. The first-order valence-corrected chi connectivity index (χ1v) is 9.19. The maximum atomic E-state index is 12.5. The van der Waals surface area contributed by atoms with Gasteiger partial charge in [-0.3, -0.25) is 0 Å². The van der Waals surface area contributed by atoms with Gasteiger partial charge < -0.3 is 19.9 Å². The average Bonchev–Trinajstić information content (AvgIpc) is 2.90. The molecular weight excluding hydrogens is 378 g/mol. The molecule has 1 atom stereocenters. The standard InChI is InChI=1S/C20H27N3O6/c1-19(2,3)28-17(26)21-14(16(24)25)11-13-12-9-7-8-10-15(12)23(22-13)18(27)29-20(4,5)6/h7-10,14H,11H2,1-6H3,(H,21,26)(H,24,25)/t14-/m1/s1. The van der Waals surface area contributed by atoms with E-state index in [9.17, 15) is 19.5 Å². The molecule has 2 rings (SSSR count). The Morgan fingerprint density at radius 1 is 1.07 bits per heavy atom. The van der Waals surface area contributed by atoms with Crippen molar-refractivity contribution < 1.29 is 29.0 Å². The van der Waals surface area contributed by atoms with Crippen LogP contribution < -0.4 is 5.32 Å². The quantitative estimate of drug-likeness (QED) is 0.800. The second-order valence-corrected chi connectivity index (χ2v) is 8.60. The van der Waals surface area contributed by atoms with E-state index in [2.05, 4.69) is 10.4 Å². The van der Waals surface area contributed by atoms with Gasteiger partial charge in [0.15, 0.2) is 0 Å². The third-order valence-corrected chi connectivity index (χ3v) is 3.62. The first kappa shape index (κ1) is 22.2. The highest BCUT2D eigenvalue weighted by Gasteiger charge is 2.28. The smallest absolute Gasteiger partial charge is 0.435 e. The second-order valence-electron chi connectivity index (χ2n) is 8.60. The van der Waals surface area contributed by atoms with Gasteiger partial charge in [-0.1, -0.05) is 18.2 Å². The number of aliphatic carboxylic acids is 1. The maximum Gasteiger partial charge on any atom is 0.435 e. The molecule has 0 saturated heterocycles. The van der Waals surface area contributed by atoms with Crippen molar-refractivity contribution in [1.29, 1.82) is 0 Å². The highest BCUT2D eigenvalue weighted by molar-refractivity contribution is 5.90. The summed E-state index contributed by atoms with van der Waals surface area (Å²) in [7, 11) is 0. The van der Waals surface area contributed by atoms with Crippen LogP contribution in [-0.2, 0) is 20.7 Å². The number of ether oxygens (including phenoxy) is 2. The number of carboxylic acids is 1.